The van der Waals surface area contributed by atoms with Crippen molar-refractivity contribution in [2.45, 2.75) is 13.1 Å². The molecule has 1 saturated heterocycles. The van der Waals surface area contributed by atoms with Crippen molar-refractivity contribution in [1.82, 2.24) is 9.47 Å². The van der Waals surface area contributed by atoms with Gasteiger partial charge in [-0.2, -0.15) is 0 Å². The van der Waals surface area contributed by atoms with Crippen LogP contribution in [0.4, 0.5) is 4.79 Å². The fourth-order valence-electron chi connectivity index (χ4n) is 4.65. The van der Waals surface area contributed by atoms with Crippen LogP contribution < -0.4 is 0 Å². The second-order valence-electron chi connectivity index (χ2n) is 8.91. The van der Waals surface area contributed by atoms with Gasteiger partial charge in [-0.25, -0.2) is 0 Å². The smallest absolute Gasteiger partial charge is 0.293 e. The Morgan fingerprint density at radius 2 is 1.59 bits per heavy atom. The summed E-state index contributed by atoms with van der Waals surface area (Å²) in [4.78, 5) is 27.8. The molecule has 0 bridgehead atoms. The number of amides is 2. The number of benzene rings is 4. The molecular weight excluding hydrogens is 523 g/mol. The number of hydrogen-bond acceptors (Lipinski definition) is 3. The molecule has 2 heterocycles. The summed E-state index contributed by atoms with van der Waals surface area (Å²) < 4.78 is 2.09. The molecule has 4 aromatic carbocycles. The molecule has 2 amide bonds. The zero-order chi connectivity index (χ0) is 25.5. The van der Waals surface area contributed by atoms with Gasteiger partial charge >= 0.3 is 0 Å². The molecule has 7 heteroatoms. The first kappa shape index (κ1) is 23.9. The van der Waals surface area contributed by atoms with Crippen LogP contribution >= 0.6 is 35.0 Å². The van der Waals surface area contributed by atoms with Crippen molar-refractivity contribution in [2.75, 3.05) is 0 Å². The molecule has 1 aliphatic rings. The van der Waals surface area contributed by atoms with Gasteiger partial charge in [-0.15, -0.1) is 0 Å². The minimum atomic E-state index is -0.277. The van der Waals surface area contributed by atoms with Crippen molar-refractivity contribution in [3.63, 3.8) is 0 Å². The quantitative estimate of drug-likeness (QED) is 0.209. The van der Waals surface area contributed by atoms with Crippen molar-refractivity contribution >= 4 is 73.9 Å². The first-order valence-electron chi connectivity index (χ1n) is 11.7. The maximum absolute atomic E-state index is 13.3. The number of nitrogens with zero attached hydrogens (tertiary/aromatic N) is 2. The number of aromatic nitrogens is 1. The van der Waals surface area contributed by atoms with Crippen LogP contribution in [-0.4, -0.2) is 20.6 Å². The third-order valence-electron chi connectivity index (χ3n) is 6.49. The number of para-hydroxylation sites is 1. The highest BCUT2D eigenvalue weighted by Gasteiger charge is 2.35. The van der Waals surface area contributed by atoms with E-state index in [4.69, 9.17) is 23.2 Å². The van der Waals surface area contributed by atoms with Crippen LogP contribution in [0, 0.1) is 0 Å². The van der Waals surface area contributed by atoms with E-state index in [2.05, 4.69) is 4.57 Å². The SMILES string of the molecule is O=C1SC(=Cc2cn(Cc3ccc(Cl)cc3Cl)c3ccccc23)C(=O)N1Cc1ccc2ccccc2c1. The largest absolute Gasteiger partial charge is 0.342 e. The topological polar surface area (TPSA) is 42.3 Å². The number of fused-ring (bicyclic) bond motifs is 2. The Bertz CT molecular complexity index is 1740. The van der Waals surface area contributed by atoms with Gasteiger partial charge in [-0.1, -0.05) is 83.9 Å². The summed E-state index contributed by atoms with van der Waals surface area (Å²) in [6.45, 7) is 0.789. The Labute approximate surface area is 228 Å². The van der Waals surface area contributed by atoms with Gasteiger partial charge in [-0.3, -0.25) is 14.5 Å². The minimum Gasteiger partial charge on any atom is -0.342 e. The van der Waals surface area contributed by atoms with E-state index in [1.807, 2.05) is 91.1 Å². The lowest BCUT2D eigenvalue weighted by Crippen LogP contribution is -2.27. The van der Waals surface area contributed by atoms with E-state index in [1.165, 1.54) is 4.90 Å². The van der Waals surface area contributed by atoms with E-state index in [1.54, 1.807) is 6.07 Å². The summed E-state index contributed by atoms with van der Waals surface area (Å²) in [5.74, 6) is -0.277. The van der Waals surface area contributed by atoms with Gasteiger partial charge in [0.2, 0.25) is 0 Å². The molecule has 1 fully saturated rings. The Hall–Kier alpha value is -3.51. The predicted octanol–water partition coefficient (Wildman–Crippen LogP) is 8.39. The molecule has 0 N–H and O–H groups in total. The van der Waals surface area contributed by atoms with Crippen molar-refractivity contribution in [2.24, 2.45) is 0 Å². The molecule has 0 atom stereocenters. The summed E-state index contributed by atoms with van der Waals surface area (Å²) in [7, 11) is 0. The van der Waals surface area contributed by atoms with Crippen LogP contribution in [0.5, 0.6) is 0 Å². The summed E-state index contributed by atoms with van der Waals surface area (Å²) >= 11 is 13.5. The lowest BCUT2D eigenvalue weighted by atomic mass is 10.1. The molecule has 0 saturated carbocycles. The molecule has 1 aliphatic heterocycles. The first-order chi connectivity index (χ1) is 18.0. The summed E-state index contributed by atoms with van der Waals surface area (Å²) in [5.41, 5.74) is 3.74. The zero-order valence-electron chi connectivity index (χ0n) is 19.5. The zero-order valence-corrected chi connectivity index (χ0v) is 21.9. The first-order valence-corrected chi connectivity index (χ1v) is 13.3. The number of rotatable bonds is 5. The maximum Gasteiger partial charge on any atom is 0.293 e. The standard InChI is InChI=1S/C30H20Cl2N2O2S/c31-24-12-11-22(26(32)15-24)17-33-18-23(25-7-3-4-8-27(25)33)14-28-29(35)34(30(36)37-28)16-19-9-10-20-5-1-2-6-21(20)13-19/h1-15,18H,16-17H2. The number of carbonyl (C=O) groups is 2. The van der Waals surface area contributed by atoms with Gasteiger partial charge in [0.05, 0.1) is 11.4 Å². The number of imide groups is 1. The van der Waals surface area contributed by atoms with E-state index in [0.29, 0.717) is 21.5 Å². The van der Waals surface area contributed by atoms with Gasteiger partial charge in [-0.05, 0) is 64.0 Å². The van der Waals surface area contributed by atoms with Gasteiger partial charge < -0.3 is 4.57 Å². The molecule has 4 nitrogen and oxygen atoms in total. The molecule has 0 spiro atoms. The van der Waals surface area contributed by atoms with Gasteiger partial charge in [0.15, 0.2) is 0 Å². The van der Waals surface area contributed by atoms with Crippen LogP contribution in [0.25, 0.3) is 27.8 Å². The summed E-state index contributed by atoms with van der Waals surface area (Å²) in [5, 5.41) is 4.12. The van der Waals surface area contributed by atoms with Gasteiger partial charge in [0, 0.05) is 39.3 Å². The lowest BCUT2D eigenvalue weighted by molar-refractivity contribution is -0.123. The van der Waals surface area contributed by atoms with Crippen molar-refractivity contribution in [3.05, 3.63) is 123 Å². The molecule has 0 aliphatic carbocycles. The average molecular weight is 543 g/mol. The predicted molar refractivity (Wildman–Crippen MR) is 153 cm³/mol. The molecule has 0 unspecified atom stereocenters. The molecule has 1 aromatic heterocycles. The highest BCUT2D eigenvalue weighted by atomic mass is 35.5. The van der Waals surface area contributed by atoms with Crippen LogP contribution in [0.3, 0.4) is 0 Å². The fourth-order valence-corrected chi connectivity index (χ4v) is 5.95. The summed E-state index contributed by atoms with van der Waals surface area (Å²) in [6.07, 6.45) is 3.81. The minimum absolute atomic E-state index is 0.240. The Morgan fingerprint density at radius 3 is 2.43 bits per heavy atom. The lowest BCUT2D eigenvalue weighted by Gasteiger charge is -2.13. The van der Waals surface area contributed by atoms with Crippen LogP contribution in [0.15, 0.2) is 96.0 Å². The molecule has 0 radical (unpaired) electrons. The number of hydrogen-bond donors (Lipinski definition) is 0. The van der Waals surface area contributed by atoms with Crippen molar-refractivity contribution < 1.29 is 9.59 Å². The van der Waals surface area contributed by atoms with Crippen molar-refractivity contribution in [1.29, 1.82) is 0 Å². The average Bonchev–Trinajstić information content (AvgIpc) is 3.37. The highest BCUT2D eigenvalue weighted by Crippen LogP contribution is 2.35. The Kier molecular flexibility index (Phi) is 6.29. The van der Waals surface area contributed by atoms with E-state index in [0.717, 1.165) is 50.1 Å². The fraction of sp³-hybridized carbons (Fsp3) is 0.0667. The second kappa shape index (κ2) is 9.75. The van der Waals surface area contributed by atoms with E-state index in [9.17, 15) is 9.59 Å². The third kappa shape index (κ3) is 4.66. The van der Waals surface area contributed by atoms with E-state index in [-0.39, 0.29) is 17.7 Å². The van der Waals surface area contributed by atoms with Gasteiger partial charge in [0.25, 0.3) is 11.1 Å². The second-order valence-corrected chi connectivity index (χ2v) is 10.8. The maximum atomic E-state index is 13.3. The number of halogens is 2. The Morgan fingerprint density at radius 1 is 0.811 bits per heavy atom. The third-order valence-corrected chi connectivity index (χ3v) is 7.98. The summed E-state index contributed by atoms with van der Waals surface area (Å²) in [6, 6.07) is 27.5. The highest BCUT2D eigenvalue weighted by molar-refractivity contribution is 8.18. The van der Waals surface area contributed by atoms with Crippen LogP contribution in [0.1, 0.15) is 16.7 Å². The monoisotopic (exact) mass is 542 g/mol. The molecule has 182 valence electrons. The van der Waals surface area contributed by atoms with Gasteiger partial charge in [0.1, 0.15) is 0 Å². The van der Waals surface area contributed by atoms with E-state index < -0.39 is 0 Å². The van der Waals surface area contributed by atoms with E-state index >= 15 is 0 Å². The molecule has 5 aromatic rings. The molecule has 6 rings (SSSR count). The number of carbonyl (C=O) groups excluding carboxylic acids is 2. The molecular formula is C30H20Cl2N2O2S. The number of thioether (sulfide) groups is 1. The Balaban J connectivity index is 1.30. The van der Waals surface area contributed by atoms with Crippen LogP contribution in [-0.2, 0) is 17.9 Å². The van der Waals surface area contributed by atoms with Crippen molar-refractivity contribution in [3.8, 4) is 0 Å². The molecule has 37 heavy (non-hydrogen) atoms. The van der Waals surface area contributed by atoms with Crippen LogP contribution in [0.2, 0.25) is 10.0 Å². The normalized spacial score (nSPS) is 15.0.